The van der Waals surface area contributed by atoms with Gasteiger partial charge in [0.15, 0.2) is 5.12 Å². The van der Waals surface area contributed by atoms with Crippen molar-refractivity contribution in [1.29, 1.82) is 0 Å². The quantitative estimate of drug-likeness (QED) is 0.856. The molecule has 1 saturated heterocycles. The average molecular weight is 350 g/mol. The molecule has 1 aliphatic rings. The molecule has 0 aromatic heterocycles. The largest absolute Gasteiger partial charge is 0.334 e. The highest BCUT2D eigenvalue weighted by Crippen LogP contribution is 2.11. The van der Waals surface area contributed by atoms with E-state index in [4.69, 9.17) is 0 Å². The van der Waals surface area contributed by atoms with Gasteiger partial charge in [-0.05, 0) is 18.5 Å². The molecule has 0 bridgehead atoms. The lowest BCUT2D eigenvalue weighted by molar-refractivity contribution is -0.109. The molecule has 1 N–H and O–H groups in total. The molecule has 1 aromatic rings. The van der Waals surface area contributed by atoms with Crippen LogP contribution in [0.1, 0.15) is 19.4 Å². The van der Waals surface area contributed by atoms with Gasteiger partial charge < -0.3 is 15.1 Å². The van der Waals surface area contributed by atoms with Gasteiger partial charge in [-0.1, -0.05) is 49.0 Å². The van der Waals surface area contributed by atoms with Gasteiger partial charge in [0.05, 0.1) is 0 Å². The molecule has 0 radical (unpaired) electrons. The van der Waals surface area contributed by atoms with Crippen LogP contribution in [0.2, 0.25) is 0 Å². The molecule has 1 unspecified atom stereocenters. The van der Waals surface area contributed by atoms with Crippen molar-refractivity contribution >= 4 is 22.9 Å². The SMILES string of the molecule is CCN1CCN(C(=O)NC(CSC(C)=O)Cc2ccccc2)CC1. The third-order valence-corrected chi connectivity index (χ3v) is 5.22. The molecular formula is C18H27N3O2S. The van der Waals surface area contributed by atoms with Crippen LogP contribution in [0.4, 0.5) is 4.79 Å². The predicted octanol–water partition coefficient (Wildman–Crippen LogP) is 2.22. The van der Waals surface area contributed by atoms with Crippen LogP contribution in [-0.4, -0.2) is 65.5 Å². The topological polar surface area (TPSA) is 52.6 Å². The number of nitrogens with one attached hydrogen (secondary N) is 1. The van der Waals surface area contributed by atoms with Crippen LogP contribution in [0.25, 0.3) is 0 Å². The first-order valence-corrected chi connectivity index (χ1v) is 9.52. The number of benzene rings is 1. The van der Waals surface area contributed by atoms with E-state index in [1.807, 2.05) is 23.1 Å². The maximum Gasteiger partial charge on any atom is 0.317 e. The third kappa shape index (κ3) is 6.17. The summed E-state index contributed by atoms with van der Waals surface area (Å²) in [5.41, 5.74) is 1.17. The van der Waals surface area contributed by atoms with Crippen LogP contribution in [0, 0.1) is 0 Å². The molecule has 0 spiro atoms. The first-order valence-electron chi connectivity index (χ1n) is 8.53. The fraction of sp³-hybridized carbons (Fsp3) is 0.556. The summed E-state index contributed by atoms with van der Waals surface area (Å²) >= 11 is 1.27. The van der Waals surface area contributed by atoms with Crippen LogP contribution < -0.4 is 5.32 Å². The minimum atomic E-state index is -0.0435. The second-order valence-corrected chi connectivity index (χ2v) is 7.26. The Labute approximate surface area is 148 Å². The first kappa shape index (κ1) is 18.8. The molecule has 132 valence electrons. The summed E-state index contributed by atoms with van der Waals surface area (Å²) in [4.78, 5) is 28.1. The number of carbonyl (C=O) groups is 2. The number of hydrogen-bond acceptors (Lipinski definition) is 4. The monoisotopic (exact) mass is 349 g/mol. The fourth-order valence-corrected chi connectivity index (χ4v) is 3.44. The predicted molar refractivity (Wildman–Crippen MR) is 99.3 cm³/mol. The van der Waals surface area contributed by atoms with E-state index in [0.717, 1.165) is 39.1 Å². The Balaban J connectivity index is 1.91. The molecule has 0 aliphatic carbocycles. The molecule has 1 aliphatic heterocycles. The number of urea groups is 1. The molecule has 2 amide bonds. The lowest BCUT2D eigenvalue weighted by Crippen LogP contribution is -2.54. The molecule has 1 atom stereocenters. The summed E-state index contributed by atoms with van der Waals surface area (Å²) in [7, 11) is 0. The Morgan fingerprint density at radius 1 is 1.17 bits per heavy atom. The number of piperazine rings is 1. The highest BCUT2D eigenvalue weighted by Gasteiger charge is 2.22. The Bertz CT molecular complexity index is 530. The molecule has 1 fully saturated rings. The lowest BCUT2D eigenvalue weighted by Gasteiger charge is -2.35. The zero-order chi connectivity index (χ0) is 17.4. The molecule has 6 heteroatoms. The zero-order valence-corrected chi connectivity index (χ0v) is 15.3. The molecule has 1 aromatic carbocycles. The van der Waals surface area contributed by atoms with Gasteiger partial charge in [-0.2, -0.15) is 0 Å². The highest BCUT2D eigenvalue weighted by atomic mass is 32.2. The van der Waals surface area contributed by atoms with Crippen molar-refractivity contribution < 1.29 is 9.59 Å². The Hall–Kier alpha value is -1.53. The van der Waals surface area contributed by atoms with E-state index in [1.165, 1.54) is 17.3 Å². The summed E-state index contributed by atoms with van der Waals surface area (Å²) < 4.78 is 0. The lowest BCUT2D eigenvalue weighted by atomic mass is 10.1. The second-order valence-electron chi connectivity index (χ2n) is 6.06. The van der Waals surface area contributed by atoms with Gasteiger partial charge in [-0.15, -0.1) is 0 Å². The number of amides is 2. The van der Waals surface area contributed by atoms with Gasteiger partial charge in [-0.25, -0.2) is 4.79 Å². The average Bonchev–Trinajstić information content (AvgIpc) is 2.60. The number of likely N-dealkylation sites (N-methyl/N-ethyl adjacent to an activating group) is 1. The van der Waals surface area contributed by atoms with Crippen molar-refractivity contribution in [2.24, 2.45) is 0 Å². The van der Waals surface area contributed by atoms with Crippen molar-refractivity contribution in [3.8, 4) is 0 Å². The standard InChI is InChI=1S/C18H27N3O2S/c1-3-20-9-11-21(12-10-20)18(23)19-17(14-24-15(2)22)13-16-7-5-4-6-8-16/h4-8,17H,3,9-14H2,1-2H3,(H,19,23). The maximum atomic E-state index is 12.5. The molecule has 0 saturated carbocycles. The number of hydrogen-bond donors (Lipinski definition) is 1. The maximum absolute atomic E-state index is 12.5. The number of thioether (sulfide) groups is 1. The van der Waals surface area contributed by atoms with Crippen LogP contribution in [0.15, 0.2) is 30.3 Å². The zero-order valence-electron chi connectivity index (χ0n) is 14.5. The van der Waals surface area contributed by atoms with Crippen LogP contribution in [-0.2, 0) is 11.2 Å². The van der Waals surface area contributed by atoms with Crippen LogP contribution >= 0.6 is 11.8 Å². The van der Waals surface area contributed by atoms with Gasteiger partial charge in [0.1, 0.15) is 0 Å². The van der Waals surface area contributed by atoms with Crippen LogP contribution in [0.3, 0.4) is 0 Å². The fourth-order valence-electron chi connectivity index (χ4n) is 2.80. The number of nitrogens with zero attached hydrogens (tertiary/aromatic N) is 2. The van der Waals surface area contributed by atoms with Gasteiger partial charge in [0, 0.05) is 44.9 Å². The number of rotatable bonds is 6. The van der Waals surface area contributed by atoms with Gasteiger partial charge >= 0.3 is 6.03 Å². The highest BCUT2D eigenvalue weighted by molar-refractivity contribution is 8.13. The van der Waals surface area contributed by atoms with Crippen molar-refractivity contribution in [2.45, 2.75) is 26.3 Å². The van der Waals surface area contributed by atoms with Gasteiger partial charge in [0.25, 0.3) is 0 Å². The summed E-state index contributed by atoms with van der Waals surface area (Å²) in [6, 6.07) is 10.0. The smallest absolute Gasteiger partial charge is 0.317 e. The van der Waals surface area contributed by atoms with Crippen molar-refractivity contribution in [2.75, 3.05) is 38.5 Å². The third-order valence-electron chi connectivity index (χ3n) is 4.25. The molecule has 5 nitrogen and oxygen atoms in total. The Morgan fingerprint density at radius 3 is 2.42 bits per heavy atom. The van der Waals surface area contributed by atoms with E-state index in [9.17, 15) is 9.59 Å². The molecular weight excluding hydrogens is 322 g/mol. The summed E-state index contributed by atoms with van der Waals surface area (Å²) in [5, 5.41) is 3.20. The Morgan fingerprint density at radius 2 is 1.83 bits per heavy atom. The molecule has 2 rings (SSSR count). The van der Waals surface area contributed by atoms with Gasteiger partial charge in [0.2, 0.25) is 0 Å². The first-order chi connectivity index (χ1) is 11.6. The van der Waals surface area contributed by atoms with Crippen molar-refractivity contribution in [3.63, 3.8) is 0 Å². The summed E-state index contributed by atoms with van der Waals surface area (Å²) in [6.07, 6.45) is 0.738. The summed E-state index contributed by atoms with van der Waals surface area (Å²) in [6.45, 7) is 8.11. The van der Waals surface area contributed by atoms with E-state index in [-0.39, 0.29) is 17.2 Å². The second kappa shape index (κ2) is 9.69. The minimum Gasteiger partial charge on any atom is -0.334 e. The van der Waals surface area contributed by atoms with Crippen molar-refractivity contribution in [3.05, 3.63) is 35.9 Å². The number of carbonyl (C=O) groups excluding carboxylic acids is 2. The molecule has 1 heterocycles. The van der Waals surface area contributed by atoms with E-state index in [0.29, 0.717) is 5.75 Å². The van der Waals surface area contributed by atoms with E-state index < -0.39 is 0 Å². The van der Waals surface area contributed by atoms with E-state index in [2.05, 4.69) is 29.3 Å². The van der Waals surface area contributed by atoms with Gasteiger partial charge in [-0.3, -0.25) is 4.79 Å². The van der Waals surface area contributed by atoms with E-state index >= 15 is 0 Å². The Kier molecular flexibility index (Phi) is 7.59. The van der Waals surface area contributed by atoms with Crippen LogP contribution in [0.5, 0.6) is 0 Å². The molecule has 24 heavy (non-hydrogen) atoms. The van der Waals surface area contributed by atoms with E-state index in [1.54, 1.807) is 6.92 Å². The summed E-state index contributed by atoms with van der Waals surface area (Å²) in [5.74, 6) is 0.602. The minimum absolute atomic E-state index is 0.0177. The van der Waals surface area contributed by atoms with Crippen molar-refractivity contribution in [1.82, 2.24) is 15.1 Å². The normalized spacial score (nSPS) is 16.7.